The van der Waals surface area contributed by atoms with E-state index in [1.165, 1.54) is 0 Å². The second kappa shape index (κ2) is 5.16. The van der Waals surface area contributed by atoms with Gasteiger partial charge in [-0.1, -0.05) is 18.2 Å². The first kappa shape index (κ1) is 11.2. The number of nitrogens with one attached hydrogen (secondary N) is 1. The molecule has 1 fully saturated rings. The van der Waals surface area contributed by atoms with Crippen molar-refractivity contribution >= 4 is 29.1 Å². The van der Waals surface area contributed by atoms with Gasteiger partial charge in [-0.2, -0.15) is 11.8 Å². The fraction of sp³-hybridized carbons (Fsp3) is 0.333. The summed E-state index contributed by atoms with van der Waals surface area (Å²) in [6.07, 6.45) is 0.511. The number of Topliss-reactive ketones (excluding diaryl/α,β-unsaturated/α-hetero) is 1. The van der Waals surface area contributed by atoms with Gasteiger partial charge < -0.3 is 5.32 Å². The van der Waals surface area contributed by atoms with Gasteiger partial charge in [-0.25, -0.2) is 0 Å². The molecule has 3 nitrogen and oxygen atoms in total. The summed E-state index contributed by atoms with van der Waals surface area (Å²) in [7, 11) is 0. The number of benzene rings is 1. The minimum Gasteiger partial charge on any atom is -0.325 e. The Morgan fingerprint density at radius 3 is 2.75 bits per heavy atom. The number of ketones is 1. The smallest absolute Gasteiger partial charge is 0.235 e. The van der Waals surface area contributed by atoms with E-state index in [4.69, 9.17) is 0 Å². The number of carbonyl (C=O) groups is 2. The molecule has 2 rings (SSSR count). The molecule has 1 heterocycles. The molecule has 1 aromatic rings. The number of anilines is 1. The first-order valence-corrected chi connectivity index (χ1v) is 6.39. The number of hydrogen-bond donors (Lipinski definition) is 1. The first-order valence-electron chi connectivity index (χ1n) is 5.24. The molecule has 0 saturated carbocycles. The summed E-state index contributed by atoms with van der Waals surface area (Å²) in [6, 6.07) is 9.23. The van der Waals surface area contributed by atoms with E-state index in [9.17, 15) is 9.59 Å². The van der Waals surface area contributed by atoms with Gasteiger partial charge in [0.05, 0.1) is 0 Å². The highest BCUT2D eigenvalue weighted by Crippen LogP contribution is 2.21. The minimum atomic E-state index is -0.473. The molecule has 1 atom stereocenters. The molecule has 1 aromatic carbocycles. The lowest BCUT2D eigenvalue weighted by Crippen LogP contribution is -2.34. The van der Waals surface area contributed by atoms with Crippen molar-refractivity contribution in [3.05, 3.63) is 30.3 Å². The van der Waals surface area contributed by atoms with Crippen LogP contribution in [0.3, 0.4) is 0 Å². The summed E-state index contributed by atoms with van der Waals surface area (Å²) in [5.74, 6) is 0.861. The van der Waals surface area contributed by atoms with Crippen LogP contribution in [0.25, 0.3) is 0 Å². The molecule has 0 spiro atoms. The Balaban J connectivity index is 2.00. The molecular formula is C12H13NO2S. The maximum atomic E-state index is 11.8. The van der Waals surface area contributed by atoms with Crippen molar-refractivity contribution in [3.8, 4) is 0 Å². The quantitative estimate of drug-likeness (QED) is 0.797. The third-order valence-corrected chi connectivity index (χ3v) is 3.59. The van der Waals surface area contributed by atoms with Crippen LogP contribution >= 0.6 is 11.8 Å². The molecule has 1 saturated heterocycles. The van der Waals surface area contributed by atoms with Crippen LogP contribution in [0, 0.1) is 5.92 Å². The zero-order chi connectivity index (χ0) is 11.4. The molecule has 0 aliphatic carbocycles. The number of carbonyl (C=O) groups excluding carboxylic acids is 2. The van der Waals surface area contributed by atoms with Crippen LogP contribution < -0.4 is 5.32 Å². The second-order valence-corrected chi connectivity index (χ2v) is 4.85. The van der Waals surface area contributed by atoms with Crippen LogP contribution in [-0.4, -0.2) is 23.2 Å². The molecule has 16 heavy (non-hydrogen) atoms. The van der Waals surface area contributed by atoms with Crippen LogP contribution in [0.15, 0.2) is 30.3 Å². The Morgan fingerprint density at radius 2 is 2.06 bits per heavy atom. The SMILES string of the molecule is O=C1CCSCC1C(=O)Nc1ccccc1. The van der Waals surface area contributed by atoms with Gasteiger partial charge in [-0.3, -0.25) is 9.59 Å². The van der Waals surface area contributed by atoms with Crippen LogP contribution in [0.4, 0.5) is 5.69 Å². The van der Waals surface area contributed by atoms with Crippen molar-refractivity contribution in [1.82, 2.24) is 0 Å². The lowest BCUT2D eigenvalue weighted by Gasteiger charge is -2.19. The van der Waals surface area contributed by atoms with Crippen LogP contribution in [0.2, 0.25) is 0 Å². The highest BCUT2D eigenvalue weighted by atomic mass is 32.2. The van der Waals surface area contributed by atoms with E-state index >= 15 is 0 Å². The van der Waals surface area contributed by atoms with Crippen molar-refractivity contribution in [3.63, 3.8) is 0 Å². The summed E-state index contributed by atoms with van der Waals surface area (Å²) in [4.78, 5) is 23.4. The van der Waals surface area contributed by atoms with Gasteiger partial charge in [0.1, 0.15) is 11.7 Å². The van der Waals surface area contributed by atoms with Crippen molar-refractivity contribution in [1.29, 1.82) is 0 Å². The van der Waals surface area contributed by atoms with Crippen molar-refractivity contribution in [2.24, 2.45) is 5.92 Å². The van der Waals surface area contributed by atoms with Gasteiger partial charge in [-0.15, -0.1) is 0 Å². The van der Waals surface area contributed by atoms with Crippen LogP contribution in [0.5, 0.6) is 0 Å². The molecule has 0 radical (unpaired) electrons. The lowest BCUT2D eigenvalue weighted by molar-refractivity contribution is -0.130. The zero-order valence-corrected chi connectivity index (χ0v) is 9.63. The van der Waals surface area contributed by atoms with E-state index in [0.717, 1.165) is 11.4 Å². The Bertz CT molecular complexity index is 391. The summed E-state index contributed by atoms with van der Waals surface area (Å²) in [6.45, 7) is 0. The third-order valence-electron chi connectivity index (χ3n) is 2.52. The topological polar surface area (TPSA) is 46.2 Å². The number of amides is 1. The molecule has 1 aliphatic rings. The molecule has 1 amide bonds. The molecule has 0 aromatic heterocycles. The first-order chi connectivity index (χ1) is 7.77. The van der Waals surface area contributed by atoms with E-state index in [1.54, 1.807) is 11.8 Å². The summed E-state index contributed by atoms with van der Waals surface area (Å²) in [5, 5.41) is 2.77. The predicted molar refractivity (Wildman–Crippen MR) is 65.5 cm³/mol. The molecule has 0 bridgehead atoms. The predicted octanol–water partition coefficient (Wildman–Crippen LogP) is 1.95. The maximum Gasteiger partial charge on any atom is 0.235 e. The van der Waals surface area contributed by atoms with Crippen molar-refractivity contribution in [2.45, 2.75) is 6.42 Å². The maximum absolute atomic E-state index is 11.8. The summed E-state index contributed by atoms with van der Waals surface area (Å²) < 4.78 is 0. The van der Waals surface area contributed by atoms with E-state index in [2.05, 4.69) is 5.32 Å². The zero-order valence-electron chi connectivity index (χ0n) is 8.81. The van der Waals surface area contributed by atoms with Crippen LogP contribution in [0.1, 0.15) is 6.42 Å². The molecule has 1 aliphatic heterocycles. The summed E-state index contributed by atoms with van der Waals surface area (Å²) in [5.41, 5.74) is 0.746. The summed E-state index contributed by atoms with van der Waals surface area (Å²) >= 11 is 1.66. The number of thioether (sulfide) groups is 1. The van der Waals surface area contributed by atoms with Gasteiger partial charge in [0, 0.05) is 23.6 Å². The average molecular weight is 235 g/mol. The van der Waals surface area contributed by atoms with Gasteiger partial charge in [0.25, 0.3) is 0 Å². The molecule has 1 N–H and O–H groups in total. The molecule has 4 heteroatoms. The van der Waals surface area contributed by atoms with Crippen molar-refractivity contribution < 1.29 is 9.59 Å². The Morgan fingerprint density at radius 1 is 1.31 bits per heavy atom. The van der Waals surface area contributed by atoms with Gasteiger partial charge in [-0.05, 0) is 12.1 Å². The Kier molecular flexibility index (Phi) is 3.62. The van der Waals surface area contributed by atoms with Gasteiger partial charge >= 0.3 is 0 Å². The fourth-order valence-electron chi connectivity index (χ4n) is 1.61. The monoisotopic (exact) mass is 235 g/mol. The Labute approximate surface area is 98.6 Å². The van der Waals surface area contributed by atoms with Gasteiger partial charge in [0.15, 0.2) is 0 Å². The standard InChI is InChI=1S/C12H13NO2S/c14-11-6-7-16-8-10(11)12(15)13-9-4-2-1-3-5-9/h1-5,10H,6-8H2,(H,13,15). The number of rotatable bonds is 2. The highest BCUT2D eigenvalue weighted by molar-refractivity contribution is 7.99. The fourth-order valence-corrected chi connectivity index (χ4v) is 2.70. The van der Waals surface area contributed by atoms with E-state index in [-0.39, 0.29) is 11.7 Å². The van der Waals surface area contributed by atoms with E-state index in [0.29, 0.717) is 12.2 Å². The minimum absolute atomic E-state index is 0.0622. The Hall–Kier alpha value is -1.29. The normalized spacial score (nSPS) is 20.5. The number of para-hydroxylation sites is 1. The number of hydrogen-bond acceptors (Lipinski definition) is 3. The van der Waals surface area contributed by atoms with Crippen molar-refractivity contribution in [2.75, 3.05) is 16.8 Å². The highest BCUT2D eigenvalue weighted by Gasteiger charge is 2.29. The molecule has 84 valence electrons. The largest absolute Gasteiger partial charge is 0.325 e. The van der Waals surface area contributed by atoms with Crippen LogP contribution in [-0.2, 0) is 9.59 Å². The van der Waals surface area contributed by atoms with E-state index in [1.807, 2.05) is 30.3 Å². The molecular weight excluding hydrogens is 222 g/mol. The average Bonchev–Trinajstić information content (AvgIpc) is 2.31. The van der Waals surface area contributed by atoms with Gasteiger partial charge in [0.2, 0.25) is 5.91 Å². The molecule has 1 unspecified atom stereocenters. The lowest BCUT2D eigenvalue weighted by atomic mass is 10.0. The van der Waals surface area contributed by atoms with E-state index < -0.39 is 5.92 Å². The second-order valence-electron chi connectivity index (χ2n) is 3.70. The third kappa shape index (κ3) is 2.64.